The number of H-pyrrole nitrogens is 1. The molecule has 8 N–H and O–H groups in total. The molecular weight excluding hydrogens is 400 g/mol. The van der Waals surface area contributed by atoms with E-state index in [9.17, 15) is 24.0 Å². The molecule has 13 nitrogen and oxygen atoms in total. The lowest BCUT2D eigenvalue weighted by atomic mass is 10.1. The smallest absolute Gasteiger partial charge is 0.326 e. The third kappa shape index (κ3) is 8.26. The number of imidazole rings is 1. The van der Waals surface area contributed by atoms with Crippen LogP contribution in [-0.4, -0.2) is 74.0 Å². The summed E-state index contributed by atoms with van der Waals surface area (Å²) in [6, 6.07) is -4.47. The van der Waals surface area contributed by atoms with Crippen LogP contribution in [-0.2, 0) is 30.4 Å². The van der Waals surface area contributed by atoms with Crippen molar-refractivity contribution in [2.75, 3.05) is 0 Å². The topological polar surface area (TPSA) is 217 Å². The van der Waals surface area contributed by atoms with Crippen molar-refractivity contribution in [2.24, 2.45) is 5.73 Å². The number of nitrogens with two attached hydrogens (primary N) is 1. The number of amides is 3. The van der Waals surface area contributed by atoms with Gasteiger partial charge >= 0.3 is 11.9 Å². The minimum Gasteiger partial charge on any atom is -0.481 e. The van der Waals surface area contributed by atoms with Gasteiger partial charge in [-0.15, -0.1) is 0 Å². The number of rotatable bonds is 12. The summed E-state index contributed by atoms with van der Waals surface area (Å²) in [5.41, 5.74) is 6.44. The molecular formula is C17H26N6O7. The van der Waals surface area contributed by atoms with Crippen molar-refractivity contribution >= 4 is 29.7 Å². The maximum atomic E-state index is 12.2. The van der Waals surface area contributed by atoms with Crippen LogP contribution in [0.3, 0.4) is 0 Å². The first-order valence-electron chi connectivity index (χ1n) is 9.09. The monoisotopic (exact) mass is 426 g/mol. The zero-order chi connectivity index (χ0) is 22.8. The van der Waals surface area contributed by atoms with E-state index in [1.807, 2.05) is 0 Å². The fourth-order valence-corrected chi connectivity index (χ4v) is 2.34. The normalized spacial score (nSPS) is 14.6. The van der Waals surface area contributed by atoms with Crippen LogP contribution >= 0.6 is 0 Å². The van der Waals surface area contributed by atoms with Gasteiger partial charge in [0.05, 0.1) is 12.4 Å². The molecule has 0 aliphatic carbocycles. The van der Waals surface area contributed by atoms with E-state index >= 15 is 0 Å². The number of nitrogens with zero attached hydrogens (tertiary/aromatic N) is 1. The standard InChI is InChI=1S/C17H26N6O7/c1-8(22-16(28)11(18)5-10-6-19-7-20-10)14(26)21-9(2)15(27)23-12(17(29)30)3-4-13(24)25/h6-9,11-12H,3-5,18H2,1-2H3,(H,19,20)(H,21,26)(H,22,28)(H,23,27)(H,24,25)(H,29,30). The van der Waals surface area contributed by atoms with Crippen LogP contribution in [0.2, 0.25) is 0 Å². The van der Waals surface area contributed by atoms with E-state index in [-0.39, 0.29) is 12.8 Å². The van der Waals surface area contributed by atoms with Gasteiger partial charge in [-0.25, -0.2) is 9.78 Å². The van der Waals surface area contributed by atoms with Crippen LogP contribution in [0.15, 0.2) is 12.5 Å². The van der Waals surface area contributed by atoms with E-state index in [0.717, 1.165) is 0 Å². The molecule has 1 aromatic rings. The van der Waals surface area contributed by atoms with Gasteiger partial charge in [-0.3, -0.25) is 19.2 Å². The molecule has 4 unspecified atom stereocenters. The molecule has 0 aromatic carbocycles. The second-order valence-corrected chi connectivity index (χ2v) is 6.68. The quantitative estimate of drug-likeness (QED) is 0.191. The van der Waals surface area contributed by atoms with Crippen LogP contribution in [0, 0.1) is 0 Å². The van der Waals surface area contributed by atoms with Crippen molar-refractivity contribution < 1.29 is 34.2 Å². The largest absolute Gasteiger partial charge is 0.481 e. The highest BCUT2D eigenvalue weighted by Crippen LogP contribution is 2.00. The number of carbonyl (C=O) groups is 5. The summed E-state index contributed by atoms with van der Waals surface area (Å²) < 4.78 is 0. The van der Waals surface area contributed by atoms with E-state index in [2.05, 4.69) is 25.9 Å². The molecule has 0 saturated carbocycles. The highest BCUT2D eigenvalue weighted by Gasteiger charge is 2.26. The van der Waals surface area contributed by atoms with E-state index in [1.54, 1.807) is 0 Å². The highest BCUT2D eigenvalue weighted by atomic mass is 16.4. The van der Waals surface area contributed by atoms with Crippen molar-refractivity contribution in [3.8, 4) is 0 Å². The SMILES string of the molecule is CC(NC(=O)C(N)Cc1cnc[nH]1)C(=O)NC(C)C(=O)NC(CCC(=O)O)C(=O)O. The van der Waals surface area contributed by atoms with Gasteiger partial charge < -0.3 is 36.9 Å². The predicted molar refractivity (Wildman–Crippen MR) is 102 cm³/mol. The van der Waals surface area contributed by atoms with E-state index < -0.39 is 60.2 Å². The van der Waals surface area contributed by atoms with Crippen molar-refractivity contribution in [2.45, 2.75) is 57.3 Å². The van der Waals surface area contributed by atoms with Crippen molar-refractivity contribution in [3.63, 3.8) is 0 Å². The number of carboxylic acid groups (broad SMARTS) is 2. The van der Waals surface area contributed by atoms with Gasteiger partial charge in [-0.05, 0) is 20.3 Å². The Balaban J connectivity index is 2.52. The molecule has 0 spiro atoms. The maximum absolute atomic E-state index is 12.2. The third-order valence-electron chi connectivity index (χ3n) is 4.10. The number of hydrogen-bond acceptors (Lipinski definition) is 7. The average molecular weight is 426 g/mol. The first-order chi connectivity index (χ1) is 14.0. The Hall–Kier alpha value is -3.48. The number of carbonyl (C=O) groups excluding carboxylic acids is 3. The van der Waals surface area contributed by atoms with Gasteiger partial charge in [0.1, 0.15) is 18.1 Å². The average Bonchev–Trinajstić information content (AvgIpc) is 3.17. The van der Waals surface area contributed by atoms with Gasteiger partial charge in [0, 0.05) is 24.7 Å². The molecule has 0 aliphatic rings. The Morgan fingerprint density at radius 1 is 1.03 bits per heavy atom. The van der Waals surface area contributed by atoms with Crippen molar-refractivity contribution in [1.29, 1.82) is 0 Å². The Morgan fingerprint density at radius 2 is 1.60 bits per heavy atom. The van der Waals surface area contributed by atoms with Crippen molar-refractivity contribution in [1.82, 2.24) is 25.9 Å². The number of aliphatic carboxylic acids is 2. The maximum Gasteiger partial charge on any atom is 0.326 e. The molecule has 0 bridgehead atoms. The molecule has 3 amide bonds. The van der Waals surface area contributed by atoms with Crippen LogP contribution in [0.25, 0.3) is 0 Å². The zero-order valence-corrected chi connectivity index (χ0v) is 16.5. The van der Waals surface area contributed by atoms with Crippen molar-refractivity contribution in [3.05, 3.63) is 18.2 Å². The third-order valence-corrected chi connectivity index (χ3v) is 4.10. The summed E-state index contributed by atoms with van der Waals surface area (Å²) in [4.78, 5) is 64.8. The van der Waals surface area contributed by atoms with Gasteiger partial charge in [0.2, 0.25) is 17.7 Å². The number of nitrogens with one attached hydrogen (secondary N) is 4. The Bertz CT molecular complexity index is 767. The van der Waals surface area contributed by atoms with Gasteiger partial charge in [0.15, 0.2) is 0 Å². The minimum atomic E-state index is -1.41. The van der Waals surface area contributed by atoms with E-state index in [4.69, 9.17) is 15.9 Å². The molecule has 0 fully saturated rings. The molecule has 0 saturated heterocycles. The van der Waals surface area contributed by atoms with Crippen LogP contribution in [0.5, 0.6) is 0 Å². The molecule has 0 radical (unpaired) electrons. The zero-order valence-electron chi connectivity index (χ0n) is 16.5. The number of carboxylic acids is 2. The lowest BCUT2D eigenvalue weighted by Gasteiger charge is -2.21. The molecule has 4 atom stereocenters. The molecule has 1 rings (SSSR count). The number of aromatic nitrogens is 2. The molecule has 13 heteroatoms. The summed E-state index contributed by atoms with van der Waals surface area (Å²) in [6.45, 7) is 2.72. The lowest BCUT2D eigenvalue weighted by molar-refractivity contribution is -0.143. The van der Waals surface area contributed by atoms with E-state index in [0.29, 0.717) is 5.69 Å². The van der Waals surface area contributed by atoms with Crippen LogP contribution in [0.1, 0.15) is 32.4 Å². The summed E-state index contributed by atoms with van der Waals surface area (Å²) in [5.74, 6) is -4.67. The summed E-state index contributed by atoms with van der Waals surface area (Å²) in [5, 5.41) is 24.6. The number of aromatic amines is 1. The first kappa shape index (κ1) is 24.6. The van der Waals surface area contributed by atoms with Crippen LogP contribution in [0.4, 0.5) is 0 Å². The van der Waals surface area contributed by atoms with Gasteiger partial charge in [0.25, 0.3) is 0 Å². The molecule has 1 aromatic heterocycles. The minimum absolute atomic E-state index is 0.186. The summed E-state index contributed by atoms with van der Waals surface area (Å²) >= 11 is 0. The summed E-state index contributed by atoms with van der Waals surface area (Å²) in [6.07, 6.45) is 2.40. The Kier molecular flexibility index (Phi) is 9.42. The lowest BCUT2D eigenvalue weighted by Crippen LogP contribution is -2.55. The Labute approximate surface area is 171 Å². The number of hydrogen-bond donors (Lipinski definition) is 7. The van der Waals surface area contributed by atoms with E-state index in [1.165, 1.54) is 26.4 Å². The molecule has 1 heterocycles. The molecule has 30 heavy (non-hydrogen) atoms. The second kappa shape index (κ2) is 11.5. The second-order valence-electron chi connectivity index (χ2n) is 6.68. The fraction of sp³-hybridized carbons (Fsp3) is 0.529. The highest BCUT2D eigenvalue weighted by molar-refractivity contribution is 5.93. The van der Waals surface area contributed by atoms with Crippen LogP contribution < -0.4 is 21.7 Å². The van der Waals surface area contributed by atoms with Gasteiger partial charge in [-0.1, -0.05) is 0 Å². The molecule has 0 aliphatic heterocycles. The predicted octanol–water partition coefficient (Wildman–Crippen LogP) is -2.28. The molecule has 166 valence electrons. The first-order valence-corrected chi connectivity index (χ1v) is 9.09. The van der Waals surface area contributed by atoms with Gasteiger partial charge in [-0.2, -0.15) is 0 Å². The fourth-order valence-electron chi connectivity index (χ4n) is 2.34. The Morgan fingerprint density at radius 3 is 2.10 bits per heavy atom. The summed E-state index contributed by atoms with van der Waals surface area (Å²) in [7, 11) is 0.